The van der Waals surface area contributed by atoms with E-state index in [1.807, 2.05) is 29.6 Å². The standard InChI is InChI=1S/C8H5BrN2S/c9-7-3-1-6(2-4-7)8-5-12-11-10-8/h1-5H. The third-order valence-corrected chi connectivity index (χ3v) is 2.53. The molecule has 12 heavy (non-hydrogen) atoms. The molecule has 0 unspecified atom stereocenters. The summed E-state index contributed by atoms with van der Waals surface area (Å²) in [5.74, 6) is 0. The number of rotatable bonds is 1. The lowest BCUT2D eigenvalue weighted by Crippen LogP contribution is -1.76. The van der Waals surface area contributed by atoms with Crippen molar-refractivity contribution in [2.45, 2.75) is 0 Å². The summed E-state index contributed by atoms with van der Waals surface area (Å²) in [4.78, 5) is 0. The normalized spacial score (nSPS) is 10.1. The molecule has 0 aliphatic heterocycles. The molecule has 0 aliphatic carbocycles. The molecule has 4 heteroatoms. The lowest BCUT2D eigenvalue weighted by atomic mass is 10.2. The van der Waals surface area contributed by atoms with E-state index in [-0.39, 0.29) is 0 Å². The second-order valence-electron chi connectivity index (χ2n) is 2.30. The first-order valence-electron chi connectivity index (χ1n) is 3.39. The molecule has 0 aliphatic rings. The molecule has 0 amide bonds. The summed E-state index contributed by atoms with van der Waals surface area (Å²) in [6.45, 7) is 0. The van der Waals surface area contributed by atoms with Crippen LogP contribution in [0, 0.1) is 0 Å². The van der Waals surface area contributed by atoms with Gasteiger partial charge in [-0.1, -0.05) is 32.6 Å². The first-order valence-corrected chi connectivity index (χ1v) is 5.02. The molecule has 1 heterocycles. The van der Waals surface area contributed by atoms with E-state index in [0.717, 1.165) is 15.7 Å². The van der Waals surface area contributed by atoms with Gasteiger partial charge in [-0.15, -0.1) is 5.10 Å². The molecule has 0 bridgehead atoms. The van der Waals surface area contributed by atoms with E-state index in [1.165, 1.54) is 11.5 Å². The van der Waals surface area contributed by atoms with Gasteiger partial charge in [0.25, 0.3) is 0 Å². The van der Waals surface area contributed by atoms with Crippen LogP contribution in [-0.2, 0) is 0 Å². The summed E-state index contributed by atoms with van der Waals surface area (Å²) in [6, 6.07) is 8.02. The molecule has 60 valence electrons. The second kappa shape index (κ2) is 3.33. The van der Waals surface area contributed by atoms with Gasteiger partial charge in [0.2, 0.25) is 0 Å². The van der Waals surface area contributed by atoms with Gasteiger partial charge in [0.1, 0.15) is 5.69 Å². The first-order chi connectivity index (χ1) is 5.86. The Kier molecular flexibility index (Phi) is 2.19. The fourth-order valence-electron chi connectivity index (χ4n) is 0.911. The number of hydrogen-bond acceptors (Lipinski definition) is 3. The molecule has 0 saturated carbocycles. The predicted octanol–water partition coefficient (Wildman–Crippen LogP) is 2.97. The van der Waals surface area contributed by atoms with Crippen LogP contribution in [0.4, 0.5) is 0 Å². The topological polar surface area (TPSA) is 25.8 Å². The van der Waals surface area contributed by atoms with Crippen molar-refractivity contribution < 1.29 is 0 Å². The Morgan fingerprint density at radius 3 is 2.50 bits per heavy atom. The van der Waals surface area contributed by atoms with Crippen LogP contribution in [0.25, 0.3) is 11.3 Å². The van der Waals surface area contributed by atoms with Gasteiger partial charge in [-0.05, 0) is 23.7 Å². The molecule has 0 fully saturated rings. The van der Waals surface area contributed by atoms with E-state index in [0.29, 0.717) is 0 Å². The van der Waals surface area contributed by atoms with Gasteiger partial charge >= 0.3 is 0 Å². The minimum absolute atomic E-state index is 0.938. The van der Waals surface area contributed by atoms with Crippen LogP contribution in [0.1, 0.15) is 0 Å². The fraction of sp³-hybridized carbons (Fsp3) is 0. The number of hydrogen-bond donors (Lipinski definition) is 0. The van der Waals surface area contributed by atoms with Gasteiger partial charge in [-0.25, -0.2) is 0 Å². The molecule has 0 saturated heterocycles. The third kappa shape index (κ3) is 1.54. The predicted molar refractivity (Wildman–Crippen MR) is 53.0 cm³/mol. The Morgan fingerprint density at radius 1 is 1.17 bits per heavy atom. The molecule has 1 aromatic carbocycles. The SMILES string of the molecule is Brc1ccc(-c2csnn2)cc1. The molecule has 2 rings (SSSR count). The van der Waals surface area contributed by atoms with Gasteiger partial charge in [0.15, 0.2) is 0 Å². The van der Waals surface area contributed by atoms with E-state index in [9.17, 15) is 0 Å². The van der Waals surface area contributed by atoms with Crippen LogP contribution in [0.5, 0.6) is 0 Å². The molecule has 2 nitrogen and oxygen atoms in total. The minimum atomic E-state index is 0.938. The van der Waals surface area contributed by atoms with E-state index >= 15 is 0 Å². The van der Waals surface area contributed by atoms with Crippen molar-refractivity contribution in [3.05, 3.63) is 34.1 Å². The van der Waals surface area contributed by atoms with Crippen LogP contribution in [0.15, 0.2) is 34.1 Å². The molecule has 2 aromatic rings. The van der Waals surface area contributed by atoms with Crippen molar-refractivity contribution in [1.29, 1.82) is 0 Å². The van der Waals surface area contributed by atoms with Crippen molar-refractivity contribution in [3.63, 3.8) is 0 Å². The maximum atomic E-state index is 3.97. The van der Waals surface area contributed by atoms with Crippen LogP contribution in [0.3, 0.4) is 0 Å². The zero-order valence-corrected chi connectivity index (χ0v) is 8.47. The third-order valence-electron chi connectivity index (χ3n) is 1.50. The van der Waals surface area contributed by atoms with Gasteiger partial charge in [0.05, 0.1) is 0 Å². The molecular formula is C8H5BrN2S. The quantitative estimate of drug-likeness (QED) is 0.767. The first kappa shape index (κ1) is 7.89. The van der Waals surface area contributed by atoms with Crippen molar-refractivity contribution in [2.75, 3.05) is 0 Å². The van der Waals surface area contributed by atoms with Crippen LogP contribution >= 0.6 is 27.5 Å². The van der Waals surface area contributed by atoms with Crippen molar-refractivity contribution in [1.82, 2.24) is 9.59 Å². The maximum absolute atomic E-state index is 3.97. The Labute approximate surface area is 82.5 Å². The summed E-state index contributed by atoms with van der Waals surface area (Å²) in [5, 5.41) is 5.90. The summed E-state index contributed by atoms with van der Waals surface area (Å²) >= 11 is 4.74. The molecule has 0 atom stereocenters. The second-order valence-corrected chi connectivity index (χ2v) is 3.82. The van der Waals surface area contributed by atoms with Crippen molar-refractivity contribution in [2.24, 2.45) is 0 Å². The van der Waals surface area contributed by atoms with Crippen LogP contribution < -0.4 is 0 Å². The highest BCUT2D eigenvalue weighted by atomic mass is 79.9. The summed E-state index contributed by atoms with van der Waals surface area (Å²) in [7, 11) is 0. The molecule has 0 N–H and O–H groups in total. The molecule has 0 spiro atoms. The zero-order chi connectivity index (χ0) is 8.39. The Hall–Kier alpha value is -0.740. The average molecular weight is 241 g/mol. The van der Waals surface area contributed by atoms with Crippen molar-refractivity contribution >= 4 is 27.5 Å². The smallest absolute Gasteiger partial charge is 0.105 e. The Bertz CT molecular complexity index is 355. The molecule has 1 aromatic heterocycles. The Morgan fingerprint density at radius 2 is 1.92 bits per heavy atom. The van der Waals surface area contributed by atoms with E-state index in [1.54, 1.807) is 0 Å². The van der Waals surface area contributed by atoms with Crippen LogP contribution in [0.2, 0.25) is 0 Å². The van der Waals surface area contributed by atoms with E-state index in [2.05, 4.69) is 25.5 Å². The van der Waals surface area contributed by atoms with Crippen molar-refractivity contribution in [3.8, 4) is 11.3 Å². The lowest BCUT2D eigenvalue weighted by molar-refractivity contribution is 1.16. The Balaban J connectivity index is 2.43. The fourth-order valence-corrected chi connectivity index (χ4v) is 1.64. The van der Waals surface area contributed by atoms with E-state index in [4.69, 9.17) is 0 Å². The molecule has 0 radical (unpaired) electrons. The monoisotopic (exact) mass is 240 g/mol. The average Bonchev–Trinajstić information content (AvgIpc) is 2.58. The van der Waals surface area contributed by atoms with E-state index < -0.39 is 0 Å². The lowest BCUT2D eigenvalue weighted by Gasteiger charge is -1.94. The summed E-state index contributed by atoms with van der Waals surface area (Å²) < 4.78 is 4.88. The van der Waals surface area contributed by atoms with Gasteiger partial charge in [0, 0.05) is 15.4 Å². The number of aromatic nitrogens is 2. The highest BCUT2D eigenvalue weighted by Crippen LogP contribution is 2.19. The van der Waals surface area contributed by atoms with Gasteiger partial charge in [-0.3, -0.25) is 0 Å². The highest BCUT2D eigenvalue weighted by Gasteiger charge is 1.98. The number of nitrogens with zero attached hydrogens (tertiary/aromatic N) is 2. The summed E-state index contributed by atoms with van der Waals surface area (Å²) in [6.07, 6.45) is 0. The summed E-state index contributed by atoms with van der Waals surface area (Å²) in [5.41, 5.74) is 2.04. The number of halogens is 1. The van der Waals surface area contributed by atoms with Crippen LogP contribution in [-0.4, -0.2) is 9.59 Å². The largest absolute Gasteiger partial charge is 0.138 e. The maximum Gasteiger partial charge on any atom is 0.105 e. The highest BCUT2D eigenvalue weighted by molar-refractivity contribution is 9.10. The van der Waals surface area contributed by atoms with Gasteiger partial charge in [-0.2, -0.15) is 0 Å². The van der Waals surface area contributed by atoms with Gasteiger partial charge < -0.3 is 0 Å². The molecular weight excluding hydrogens is 236 g/mol. The zero-order valence-electron chi connectivity index (χ0n) is 6.07. The minimum Gasteiger partial charge on any atom is -0.138 e. The number of benzene rings is 1.